The monoisotopic (exact) mass is 585 g/mol. The van der Waals surface area contributed by atoms with E-state index in [1.165, 1.54) is 6.07 Å². The van der Waals surface area contributed by atoms with Gasteiger partial charge in [-0.1, -0.05) is 0 Å². The Labute approximate surface area is 215 Å². The van der Waals surface area contributed by atoms with Crippen LogP contribution in [0.3, 0.4) is 0 Å². The molecule has 0 aromatic carbocycles. The SMILES string of the molecule is COCCN1CCC12CCCN(C(=O)c1ccnc(C(F)(F)F)c1)C2.O=C(O)C(F)(F)F.O=C(O)C(F)(F)F. The summed E-state index contributed by atoms with van der Waals surface area (Å²) in [5, 5.41) is 14.2. The number of carboxylic acid groups (broad SMARTS) is 2. The van der Waals surface area contributed by atoms with Crippen LogP contribution in [0.1, 0.15) is 35.3 Å². The van der Waals surface area contributed by atoms with Crippen molar-refractivity contribution in [3.63, 3.8) is 0 Å². The number of pyridine rings is 1. The number of methoxy groups -OCH3 is 1. The number of carbonyl (C=O) groups excluding carboxylic acids is 1. The fraction of sp³-hybridized carbons (Fsp3) is 0.619. The number of rotatable bonds is 4. The number of aromatic nitrogens is 1. The Balaban J connectivity index is 0.000000449. The maximum absolute atomic E-state index is 12.8. The van der Waals surface area contributed by atoms with Crippen LogP contribution in [0.15, 0.2) is 18.3 Å². The summed E-state index contributed by atoms with van der Waals surface area (Å²) in [4.78, 5) is 37.8. The van der Waals surface area contributed by atoms with Gasteiger partial charge >= 0.3 is 30.5 Å². The summed E-state index contributed by atoms with van der Waals surface area (Å²) in [5.74, 6) is -5.87. The molecular formula is C21H24F9N3O6. The molecule has 0 bridgehead atoms. The van der Waals surface area contributed by atoms with E-state index in [1.54, 1.807) is 12.0 Å². The lowest BCUT2D eigenvalue weighted by atomic mass is 9.77. The molecule has 39 heavy (non-hydrogen) atoms. The van der Waals surface area contributed by atoms with Gasteiger partial charge in [-0.15, -0.1) is 0 Å². The highest BCUT2D eigenvalue weighted by Crippen LogP contribution is 2.39. The Kier molecular flexibility index (Phi) is 11.5. The van der Waals surface area contributed by atoms with E-state index in [1.807, 2.05) is 0 Å². The van der Waals surface area contributed by atoms with Gasteiger partial charge in [-0.05, 0) is 31.4 Å². The lowest BCUT2D eigenvalue weighted by Gasteiger charge is -2.57. The Bertz CT molecular complexity index is 977. The molecule has 2 saturated heterocycles. The van der Waals surface area contributed by atoms with Gasteiger partial charge in [0.1, 0.15) is 5.69 Å². The summed E-state index contributed by atoms with van der Waals surface area (Å²) in [7, 11) is 1.66. The second-order valence-corrected chi connectivity index (χ2v) is 8.32. The number of piperidine rings is 1. The lowest BCUT2D eigenvalue weighted by molar-refractivity contribution is -0.193. The van der Waals surface area contributed by atoms with Crippen molar-refractivity contribution in [2.24, 2.45) is 0 Å². The molecule has 2 N–H and O–H groups in total. The fourth-order valence-electron chi connectivity index (χ4n) is 3.79. The van der Waals surface area contributed by atoms with Gasteiger partial charge in [0.05, 0.1) is 6.61 Å². The molecule has 1 aromatic heterocycles. The van der Waals surface area contributed by atoms with Gasteiger partial charge < -0.3 is 19.8 Å². The van der Waals surface area contributed by atoms with Crippen LogP contribution in [-0.2, 0) is 20.5 Å². The molecular weight excluding hydrogens is 561 g/mol. The number of likely N-dealkylation sites (tertiary alicyclic amines) is 2. The van der Waals surface area contributed by atoms with Crippen molar-refractivity contribution in [3.8, 4) is 0 Å². The molecule has 0 aliphatic carbocycles. The third kappa shape index (κ3) is 10.2. The lowest BCUT2D eigenvalue weighted by Crippen LogP contribution is -2.67. The van der Waals surface area contributed by atoms with Gasteiger partial charge in [0.2, 0.25) is 0 Å². The minimum atomic E-state index is -5.08. The molecule has 0 radical (unpaired) electrons. The van der Waals surface area contributed by atoms with E-state index >= 15 is 0 Å². The van der Waals surface area contributed by atoms with Crippen LogP contribution in [0.25, 0.3) is 0 Å². The number of amides is 1. The topological polar surface area (TPSA) is 120 Å². The third-order valence-electron chi connectivity index (χ3n) is 5.71. The molecule has 1 atom stereocenters. The number of aliphatic carboxylic acids is 2. The average molecular weight is 585 g/mol. The zero-order valence-electron chi connectivity index (χ0n) is 20.2. The largest absolute Gasteiger partial charge is 0.490 e. The zero-order valence-corrected chi connectivity index (χ0v) is 20.2. The van der Waals surface area contributed by atoms with E-state index in [9.17, 15) is 44.3 Å². The van der Waals surface area contributed by atoms with Gasteiger partial charge in [0.15, 0.2) is 0 Å². The number of halogens is 9. The van der Waals surface area contributed by atoms with Crippen LogP contribution in [0.2, 0.25) is 0 Å². The minimum Gasteiger partial charge on any atom is -0.475 e. The normalized spacial score (nSPS) is 19.7. The molecule has 3 rings (SSSR count). The van der Waals surface area contributed by atoms with Crippen LogP contribution in [0, 0.1) is 0 Å². The van der Waals surface area contributed by atoms with Crippen LogP contribution >= 0.6 is 0 Å². The number of ether oxygens (including phenoxy) is 1. The van der Waals surface area contributed by atoms with E-state index in [2.05, 4.69) is 9.88 Å². The standard InChI is InChI=1S/C17H22F3N3O2.2C2HF3O2/c1-25-10-9-23-8-5-16(23)4-2-7-22(12-16)15(24)13-3-6-21-14(11-13)17(18,19)20;2*3-2(4,5)1(6)7/h3,6,11H,2,4-5,7-10,12H2,1H3;2*(H,6,7). The van der Waals surface area contributed by atoms with Crippen LogP contribution in [-0.4, -0.2) is 101 Å². The highest BCUT2D eigenvalue weighted by Gasteiger charge is 2.48. The van der Waals surface area contributed by atoms with E-state index < -0.39 is 36.2 Å². The van der Waals surface area contributed by atoms with Gasteiger partial charge in [-0.3, -0.25) is 14.7 Å². The molecule has 1 spiro atoms. The Morgan fingerprint density at radius 3 is 1.92 bits per heavy atom. The molecule has 2 aliphatic heterocycles. The molecule has 1 amide bonds. The smallest absolute Gasteiger partial charge is 0.475 e. The van der Waals surface area contributed by atoms with Crippen molar-refractivity contribution in [1.29, 1.82) is 0 Å². The summed E-state index contributed by atoms with van der Waals surface area (Å²) in [5.41, 5.74) is -1.04. The number of nitrogens with zero attached hydrogens (tertiary/aromatic N) is 3. The maximum atomic E-state index is 12.8. The highest BCUT2D eigenvalue weighted by atomic mass is 19.4. The molecule has 1 aromatic rings. The van der Waals surface area contributed by atoms with E-state index in [0.717, 1.165) is 44.6 Å². The Morgan fingerprint density at radius 2 is 1.51 bits per heavy atom. The summed E-state index contributed by atoms with van der Waals surface area (Å²) in [6.45, 7) is 3.54. The first-order valence-electron chi connectivity index (χ1n) is 10.9. The van der Waals surface area contributed by atoms with Gasteiger partial charge in [0.25, 0.3) is 5.91 Å². The van der Waals surface area contributed by atoms with E-state index in [4.69, 9.17) is 24.5 Å². The van der Waals surface area contributed by atoms with Gasteiger partial charge in [-0.2, -0.15) is 39.5 Å². The zero-order chi connectivity index (χ0) is 30.2. The van der Waals surface area contributed by atoms with Gasteiger partial charge in [-0.25, -0.2) is 9.59 Å². The molecule has 2 aliphatic rings. The first-order chi connectivity index (χ1) is 17.7. The van der Waals surface area contributed by atoms with Gasteiger partial charge in [0, 0.05) is 50.6 Å². The number of hydrogen-bond acceptors (Lipinski definition) is 6. The highest BCUT2D eigenvalue weighted by molar-refractivity contribution is 5.94. The van der Waals surface area contributed by atoms with E-state index in [0.29, 0.717) is 19.7 Å². The van der Waals surface area contributed by atoms with Crippen molar-refractivity contribution in [1.82, 2.24) is 14.8 Å². The maximum Gasteiger partial charge on any atom is 0.490 e. The predicted octanol–water partition coefficient (Wildman–Crippen LogP) is 3.69. The van der Waals surface area contributed by atoms with Crippen molar-refractivity contribution in [2.45, 2.75) is 43.3 Å². The molecule has 9 nitrogen and oxygen atoms in total. The first-order valence-corrected chi connectivity index (χ1v) is 10.9. The number of carbonyl (C=O) groups is 3. The van der Waals surface area contributed by atoms with Crippen LogP contribution in [0.4, 0.5) is 39.5 Å². The molecule has 222 valence electrons. The van der Waals surface area contributed by atoms with E-state index in [-0.39, 0.29) is 17.0 Å². The fourth-order valence-corrected chi connectivity index (χ4v) is 3.79. The summed E-state index contributed by atoms with van der Waals surface area (Å²) >= 11 is 0. The van der Waals surface area contributed by atoms with Crippen molar-refractivity contribution in [2.75, 3.05) is 39.9 Å². The van der Waals surface area contributed by atoms with Crippen molar-refractivity contribution < 1.29 is 68.8 Å². The van der Waals surface area contributed by atoms with Crippen molar-refractivity contribution >= 4 is 17.8 Å². The molecule has 0 saturated carbocycles. The molecule has 3 heterocycles. The second kappa shape index (κ2) is 13.3. The summed E-state index contributed by atoms with van der Waals surface area (Å²) in [6.07, 6.45) is -10.8. The van der Waals surface area contributed by atoms with Crippen molar-refractivity contribution in [3.05, 3.63) is 29.6 Å². The second-order valence-electron chi connectivity index (χ2n) is 8.32. The molecule has 18 heteroatoms. The molecule has 2 fully saturated rings. The predicted molar refractivity (Wildman–Crippen MR) is 113 cm³/mol. The Hall–Kier alpha value is -3.15. The number of hydrogen-bond donors (Lipinski definition) is 2. The third-order valence-corrected chi connectivity index (χ3v) is 5.71. The number of alkyl halides is 9. The first kappa shape index (κ1) is 33.9. The quantitative estimate of drug-likeness (QED) is 0.514. The number of carboxylic acids is 2. The minimum absolute atomic E-state index is 0.0436. The van der Waals surface area contributed by atoms with Crippen LogP contribution in [0.5, 0.6) is 0 Å². The average Bonchev–Trinajstić information content (AvgIpc) is 2.82. The Morgan fingerprint density at radius 1 is 0.974 bits per heavy atom. The summed E-state index contributed by atoms with van der Waals surface area (Å²) < 4.78 is 107. The molecule has 1 unspecified atom stereocenters. The van der Waals surface area contributed by atoms with Crippen LogP contribution < -0.4 is 0 Å². The summed E-state index contributed by atoms with van der Waals surface area (Å²) in [6, 6.07) is 2.19.